The third kappa shape index (κ3) is 3.34. The van der Waals surface area contributed by atoms with E-state index in [1.165, 1.54) is 44.2 Å². The van der Waals surface area contributed by atoms with Gasteiger partial charge in [0.25, 0.3) is 0 Å². The summed E-state index contributed by atoms with van der Waals surface area (Å²) in [5, 5.41) is 3.87. The summed E-state index contributed by atoms with van der Waals surface area (Å²) in [5.74, 6) is 1.04. The third-order valence-corrected chi connectivity index (χ3v) is 4.91. The molecule has 0 atom stereocenters. The lowest BCUT2D eigenvalue weighted by atomic mass is 9.81. The summed E-state index contributed by atoms with van der Waals surface area (Å²) in [6.07, 6.45) is 7.99. The summed E-state index contributed by atoms with van der Waals surface area (Å²) in [5.41, 5.74) is 1.60. The molecule has 3 heteroatoms. The maximum Gasteiger partial charge on any atom is 0.142 e. The van der Waals surface area contributed by atoms with Gasteiger partial charge >= 0.3 is 0 Å². The molecule has 1 aliphatic carbocycles. The van der Waals surface area contributed by atoms with Crippen molar-refractivity contribution in [2.24, 2.45) is 0 Å². The van der Waals surface area contributed by atoms with Gasteiger partial charge in [-0.05, 0) is 44.9 Å². The molecule has 0 aromatic heterocycles. The van der Waals surface area contributed by atoms with Crippen molar-refractivity contribution >= 4 is 5.69 Å². The molecule has 3 nitrogen and oxygen atoms in total. The van der Waals surface area contributed by atoms with Gasteiger partial charge in [-0.1, -0.05) is 31.4 Å². The van der Waals surface area contributed by atoms with Crippen LogP contribution in [0.3, 0.4) is 0 Å². The van der Waals surface area contributed by atoms with Crippen LogP contribution < -0.4 is 15.0 Å². The van der Waals surface area contributed by atoms with E-state index in [9.17, 15) is 0 Å². The lowest BCUT2D eigenvalue weighted by molar-refractivity contribution is 0.246. The molecule has 1 aliphatic heterocycles. The Morgan fingerprint density at radius 2 is 1.95 bits per heavy atom. The molecule has 0 radical (unpaired) electrons. The van der Waals surface area contributed by atoms with Crippen LogP contribution in [0.2, 0.25) is 0 Å². The first-order valence-electron chi connectivity index (χ1n) is 8.55. The molecule has 1 aromatic rings. The Morgan fingerprint density at radius 1 is 1.14 bits per heavy atom. The zero-order valence-corrected chi connectivity index (χ0v) is 13.2. The van der Waals surface area contributed by atoms with Crippen LogP contribution in [-0.2, 0) is 0 Å². The molecule has 116 valence electrons. The Bertz CT molecular complexity index is 454. The number of ether oxygens (including phenoxy) is 1. The second-order valence-electron chi connectivity index (χ2n) is 6.44. The van der Waals surface area contributed by atoms with Crippen LogP contribution in [0.15, 0.2) is 24.3 Å². The minimum Gasteiger partial charge on any atom is -0.492 e. The van der Waals surface area contributed by atoms with Crippen LogP contribution in [0.5, 0.6) is 5.75 Å². The van der Waals surface area contributed by atoms with Gasteiger partial charge in [-0.15, -0.1) is 0 Å². The predicted octanol–water partition coefficient (Wildman–Crippen LogP) is 3.59. The average Bonchev–Trinajstić information content (AvgIpc) is 2.72. The molecule has 2 fully saturated rings. The Balaban J connectivity index is 1.83. The van der Waals surface area contributed by atoms with Crippen molar-refractivity contribution in [2.45, 2.75) is 51.0 Å². The van der Waals surface area contributed by atoms with E-state index < -0.39 is 0 Å². The van der Waals surface area contributed by atoms with Crippen LogP contribution in [0, 0.1) is 0 Å². The Labute approximate surface area is 128 Å². The van der Waals surface area contributed by atoms with E-state index in [2.05, 4.69) is 41.4 Å². The Hall–Kier alpha value is -1.22. The summed E-state index contributed by atoms with van der Waals surface area (Å²) in [6.45, 7) is 6.18. The molecule has 1 aromatic carbocycles. The molecule has 1 N–H and O–H groups in total. The number of rotatable bonds is 3. The second-order valence-corrected chi connectivity index (χ2v) is 6.44. The molecule has 21 heavy (non-hydrogen) atoms. The van der Waals surface area contributed by atoms with E-state index in [0.29, 0.717) is 5.54 Å². The van der Waals surface area contributed by atoms with Crippen molar-refractivity contribution < 1.29 is 4.74 Å². The van der Waals surface area contributed by atoms with Crippen LogP contribution >= 0.6 is 0 Å². The highest BCUT2D eigenvalue weighted by Gasteiger charge is 2.35. The molecule has 2 aliphatic rings. The fourth-order valence-corrected chi connectivity index (χ4v) is 3.89. The highest BCUT2D eigenvalue weighted by molar-refractivity contribution is 5.59. The summed E-state index contributed by atoms with van der Waals surface area (Å²) >= 11 is 0. The minimum atomic E-state index is 0.327. The van der Waals surface area contributed by atoms with E-state index in [1.807, 2.05) is 0 Å². The zero-order valence-electron chi connectivity index (χ0n) is 13.2. The van der Waals surface area contributed by atoms with Crippen LogP contribution in [0.1, 0.15) is 45.4 Å². The van der Waals surface area contributed by atoms with Crippen molar-refractivity contribution in [3.63, 3.8) is 0 Å². The Kier molecular flexibility index (Phi) is 4.69. The quantitative estimate of drug-likeness (QED) is 0.920. The van der Waals surface area contributed by atoms with Gasteiger partial charge in [-0.2, -0.15) is 0 Å². The van der Waals surface area contributed by atoms with Crippen LogP contribution in [0.25, 0.3) is 0 Å². The molecule has 3 rings (SSSR count). The van der Waals surface area contributed by atoms with E-state index in [1.54, 1.807) is 0 Å². The van der Waals surface area contributed by atoms with Gasteiger partial charge in [0.1, 0.15) is 5.75 Å². The molecule has 1 spiro atoms. The maximum atomic E-state index is 5.84. The Morgan fingerprint density at radius 3 is 2.76 bits per heavy atom. The van der Waals surface area contributed by atoms with Gasteiger partial charge in [-0.25, -0.2) is 0 Å². The highest BCUT2D eigenvalue weighted by Crippen LogP contribution is 2.35. The molecule has 0 amide bonds. The van der Waals surface area contributed by atoms with E-state index in [0.717, 1.165) is 32.0 Å². The number of nitrogens with one attached hydrogen (secondary N) is 1. The van der Waals surface area contributed by atoms with Crippen LogP contribution in [0.4, 0.5) is 5.69 Å². The summed E-state index contributed by atoms with van der Waals surface area (Å²) in [7, 11) is 0. The van der Waals surface area contributed by atoms with Crippen molar-refractivity contribution in [1.29, 1.82) is 0 Å². The lowest BCUT2D eigenvalue weighted by Crippen LogP contribution is -2.52. The van der Waals surface area contributed by atoms with Gasteiger partial charge < -0.3 is 15.0 Å². The van der Waals surface area contributed by atoms with E-state index >= 15 is 0 Å². The average molecular weight is 288 g/mol. The van der Waals surface area contributed by atoms with Crippen LogP contribution in [-0.4, -0.2) is 31.8 Å². The smallest absolute Gasteiger partial charge is 0.142 e. The molecule has 0 bridgehead atoms. The fraction of sp³-hybridized carbons (Fsp3) is 0.667. The molecular formula is C18H28N2O. The number of benzene rings is 1. The van der Waals surface area contributed by atoms with Gasteiger partial charge in [0.15, 0.2) is 0 Å². The molecule has 1 saturated heterocycles. The number of hydrogen-bond donors (Lipinski definition) is 1. The topological polar surface area (TPSA) is 24.5 Å². The van der Waals surface area contributed by atoms with E-state index in [4.69, 9.17) is 4.74 Å². The van der Waals surface area contributed by atoms with Crippen molar-refractivity contribution in [3.05, 3.63) is 24.3 Å². The second kappa shape index (κ2) is 6.69. The number of nitrogens with zero attached hydrogens (tertiary/aromatic N) is 1. The summed E-state index contributed by atoms with van der Waals surface area (Å²) in [6, 6.07) is 8.52. The van der Waals surface area contributed by atoms with Gasteiger partial charge in [0, 0.05) is 18.6 Å². The monoisotopic (exact) mass is 288 g/mol. The third-order valence-electron chi connectivity index (χ3n) is 4.91. The number of para-hydroxylation sites is 2. The molecule has 0 unspecified atom stereocenters. The largest absolute Gasteiger partial charge is 0.492 e. The molecular weight excluding hydrogens is 260 g/mol. The maximum absolute atomic E-state index is 5.84. The van der Waals surface area contributed by atoms with Crippen molar-refractivity contribution in [3.8, 4) is 5.75 Å². The normalized spacial score (nSPS) is 22.0. The standard InChI is InChI=1S/C18H28N2O/c1-2-21-17-10-5-4-9-16(17)20-14-8-13-19-18(15-20)11-6-3-7-12-18/h4-5,9-10,19H,2-3,6-8,11-15H2,1H3. The minimum absolute atomic E-state index is 0.327. The first-order chi connectivity index (χ1) is 10.3. The first-order valence-corrected chi connectivity index (χ1v) is 8.55. The SMILES string of the molecule is CCOc1ccccc1N1CCCNC2(CCCCC2)C1. The molecule has 1 heterocycles. The zero-order chi connectivity index (χ0) is 14.5. The summed E-state index contributed by atoms with van der Waals surface area (Å²) < 4.78 is 5.84. The van der Waals surface area contributed by atoms with E-state index in [-0.39, 0.29) is 0 Å². The molecule has 1 saturated carbocycles. The number of hydrogen-bond acceptors (Lipinski definition) is 3. The highest BCUT2D eigenvalue weighted by atomic mass is 16.5. The van der Waals surface area contributed by atoms with Crippen molar-refractivity contribution in [2.75, 3.05) is 31.1 Å². The van der Waals surface area contributed by atoms with Gasteiger partial charge in [-0.3, -0.25) is 0 Å². The number of anilines is 1. The van der Waals surface area contributed by atoms with Crippen molar-refractivity contribution in [1.82, 2.24) is 5.32 Å². The fourth-order valence-electron chi connectivity index (χ4n) is 3.89. The van der Waals surface area contributed by atoms with Gasteiger partial charge in [0.2, 0.25) is 0 Å². The summed E-state index contributed by atoms with van der Waals surface area (Å²) in [4.78, 5) is 2.55. The van der Waals surface area contributed by atoms with Gasteiger partial charge in [0.05, 0.1) is 12.3 Å². The lowest BCUT2D eigenvalue weighted by Gasteiger charge is -2.40. The first kappa shape index (κ1) is 14.7. The predicted molar refractivity (Wildman–Crippen MR) is 88.3 cm³/mol.